The number of carboxylic acids is 2. The molecule has 83 heavy (non-hydrogen) atoms. The number of ether oxygens (including phenoxy) is 7. The van der Waals surface area contributed by atoms with Gasteiger partial charge >= 0.3 is 23.9 Å². The molecule has 0 saturated carbocycles. The Balaban J connectivity index is 2.00. The third-order valence-corrected chi connectivity index (χ3v) is 19.3. The zero-order valence-electron chi connectivity index (χ0n) is 52.2. The minimum atomic E-state index is -1.88. The molecule has 3 saturated heterocycles. The molecule has 0 spiro atoms. The summed E-state index contributed by atoms with van der Waals surface area (Å²) in [4.78, 5) is 79.5. The molecule has 0 bridgehead atoms. The molecule has 0 aromatic heterocycles. The van der Waals surface area contributed by atoms with Crippen LogP contribution in [0.3, 0.4) is 0 Å². The maximum absolute atomic E-state index is 14.6. The first kappa shape index (κ1) is 74.3. The highest BCUT2D eigenvalue weighted by Crippen LogP contribution is 2.41. The van der Waals surface area contributed by atoms with Crippen molar-refractivity contribution in [2.45, 2.75) is 261 Å². The van der Waals surface area contributed by atoms with E-state index in [0.29, 0.717) is 55.9 Å². The lowest BCUT2D eigenvalue weighted by molar-refractivity contribution is -0.319. The quantitative estimate of drug-likeness (QED) is 0.0422. The average molecular weight is 1230 g/mol. The third kappa shape index (κ3) is 22.3. The van der Waals surface area contributed by atoms with Crippen molar-refractivity contribution >= 4 is 59.2 Å². The Morgan fingerprint density at radius 2 is 1.41 bits per heavy atom. The summed E-state index contributed by atoms with van der Waals surface area (Å²) >= 11 is 3.11. The number of thioether (sulfide) groups is 2. The predicted octanol–water partition coefficient (Wildman–Crippen LogP) is 4.20. The molecule has 0 aliphatic carbocycles. The Labute approximate surface area is 501 Å². The van der Waals surface area contributed by atoms with Crippen molar-refractivity contribution in [3.8, 4) is 0 Å². The average Bonchev–Trinajstić information content (AvgIpc) is 3.68. The molecule has 2 amide bonds. The van der Waals surface area contributed by atoms with Gasteiger partial charge in [-0.2, -0.15) is 23.5 Å². The van der Waals surface area contributed by atoms with Crippen LogP contribution in [0, 0.1) is 17.8 Å². The van der Waals surface area contributed by atoms with E-state index in [1.807, 2.05) is 44.8 Å². The van der Waals surface area contributed by atoms with Crippen LogP contribution in [-0.2, 0) is 61.9 Å². The van der Waals surface area contributed by atoms with E-state index in [1.165, 1.54) is 27.9 Å². The second-order valence-electron chi connectivity index (χ2n) is 24.5. The highest BCUT2D eigenvalue weighted by molar-refractivity contribution is 8.00. The Hall–Kier alpha value is -2.92. The zero-order chi connectivity index (χ0) is 62.9. The number of rotatable bonds is 27. The van der Waals surface area contributed by atoms with Crippen molar-refractivity contribution in [3.05, 3.63) is 0 Å². The summed E-state index contributed by atoms with van der Waals surface area (Å²) in [7, 11) is 7.03. The number of likely N-dealkylation sites (N-methyl/N-ethyl adjacent to an activating group) is 2. The number of methoxy groups -OCH3 is 1. The lowest BCUT2D eigenvalue weighted by Gasteiger charge is -2.49. The van der Waals surface area contributed by atoms with E-state index in [2.05, 4.69) is 10.6 Å². The van der Waals surface area contributed by atoms with Gasteiger partial charge < -0.3 is 84.2 Å². The Morgan fingerprint density at radius 1 is 0.819 bits per heavy atom. The maximum atomic E-state index is 14.6. The maximum Gasteiger partial charge on any atom is 0.326 e. The minimum absolute atomic E-state index is 0.0280. The smallest absolute Gasteiger partial charge is 0.326 e. The van der Waals surface area contributed by atoms with Crippen molar-refractivity contribution in [2.75, 3.05) is 52.1 Å². The van der Waals surface area contributed by atoms with Gasteiger partial charge in [0.25, 0.3) is 0 Å². The number of hydrogen-bond donors (Lipinski definition) is 8. The fraction of sp³-hybridized carbons (Fsp3) is 0.897. The minimum Gasteiger partial charge on any atom is -0.480 e. The number of carbonyl (C=O) groups excluding carboxylic acids is 4. The van der Waals surface area contributed by atoms with E-state index < -0.39 is 150 Å². The van der Waals surface area contributed by atoms with Crippen LogP contribution < -0.4 is 10.6 Å². The molecular formula is C58H104N4O19S2. The van der Waals surface area contributed by atoms with Crippen LogP contribution in [0.25, 0.3) is 0 Å². The number of aliphatic hydroxyl groups excluding tert-OH is 2. The summed E-state index contributed by atoms with van der Waals surface area (Å²) in [5.74, 6) is -5.12. The van der Waals surface area contributed by atoms with Gasteiger partial charge in [0.1, 0.15) is 36.0 Å². The van der Waals surface area contributed by atoms with Gasteiger partial charge in [0.2, 0.25) is 11.8 Å². The number of amides is 2. The Kier molecular flexibility index (Phi) is 30.4. The molecule has 8 N–H and O–H groups in total. The van der Waals surface area contributed by atoms with Crippen molar-refractivity contribution in [1.29, 1.82) is 0 Å². The number of carboxylic acid groups (broad SMARTS) is 2. The van der Waals surface area contributed by atoms with Gasteiger partial charge in [-0.05, 0) is 144 Å². The molecule has 0 radical (unpaired) electrons. The monoisotopic (exact) mass is 1220 g/mol. The van der Waals surface area contributed by atoms with Gasteiger partial charge in [-0.15, -0.1) is 0 Å². The number of aliphatic carboxylic acids is 2. The van der Waals surface area contributed by atoms with Crippen molar-refractivity contribution in [1.82, 2.24) is 20.4 Å². The zero-order valence-corrected chi connectivity index (χ0v) is 53.8. The highest BCUT2D eigenvalue weighted by atomic mass is 32.2. The first-order valence-corrected chi connectivity index (χ1v) is 31.7. The summed E-state index contributed by atoms with van der Waals surface area (Å²) < 4.78 is 45.2. The second kappa shape index (κ2) is 34.0. The molecule has 482 valence electrons. The summed E-state index contributed by atoms with van der Waals surface area (Å²) in [6, 6.07) is -3.10. The molecule has 3 heterocycles. The van der Waals surface area contributed by atoms with Gasteiger partial charge in [-0.1, -0.05) is 27.2 Å². The van der Waals surface area contributed by atoms with E-state index in [0.717, 1.165) is 0 Å². The summed E-state index contributed by atoms with van der Waals surface area (Å²) in [6.07, 6.45) is -6.74. The van der Waals surface area contributed by atoms with Gasteiger partial charge in [-0.3, -0.25) is 19.2 Å². The van der Waals surface area contributed by atoms with Crippen molar-refractivity contribution < 1.29 is 92.6 Å². The summed E-state index contributed by atoms with van der Waals surface area (Å²) in [5, 5.41) is 72.1. The van der Waals surface area contributed by atoms with Crippen LogP contribution in [-0.4, -0.2) is 236 Å². The van der Waals surface area contributed by atoms with Crippen molar-refractivity contribution in [2.24, 2.45) is 17.8 Å². The normalized spacial score (nSPS) is 36.3. The SMILES string of the molecule is CC[C@H]1OC(=O)[C@H](C)[C@@H](O[C@H]2C[C@@](C)(OC)[C@@H](O)[C@H](C)O2)[C@H](C)[C@@H](O[C@@H]2O[C@H](C)C[C@H](N(C)C)[C@H]2OC(=O)CCCC[C@H](CCSCC[C@H](NC(C)=O)C(=O)O)SCC[C@H](NC(C)=O)C(=O)O)[C@](C)(O)C[C@@H](C)CN(C)[C@H](C)[C@@H](O)[C@]1(C)O. The lowest BCUT2D eigenvalue weighted by Crippen LogP contribution is -2.61. The molecule has 21 atom stereocenters. The van der Waals surface area contributed by atoms with E-state index in [1.54, 1.807) is 72.0 Å². The molecule has 0 aromatic carbocycles. The van der Waals surface area contributed by atoms with Gasteiger partial charge in [-0.25, -0.2) is 9.59 Å². The molecule has 23 nitrogen and oxygen atoms in total. The number of carbonyl (C=O) groups is 6. The highest BCUT2D eigenvalue weighted by Gasteiger charge is 2.53. The van der Waals surface area contributed by atoms with Crippen molar-refractivity contribution in [3.63, 3.8) is 0 Å². The molecule has 3 aliphatic rings. The summed E-state index contributed by atoms with van der Waals surface area (Å²) in [6.45, 7) is 20.2. The fourth-order valence-electron chi connectivity index (χ4n) is 11.9. The van der Waals surface area contributed by atoms with Crippen LogP contribution in [0.4, 0.5) is 0 Å². The number of esters is 2. The standard InChI is InChI=1S/C58H104N4O19S2/c1-17-44-58(12,74)49(66)36(6)62(15)31-32(2)29-56(10,73)51(34(4)47(35(5)54(72)78-44)80-46-30-57(11,75-16)50(67)37(7)77-46)81-55-48(43(61(13)14)28-33(3)76-55)79-45(65)21-19-18-20-40(83-27-24-42(53(70)71)60-39(9)64)22-25-82-26-23-41(52(68)69)59-38(8)63/h32-37,40-44,46-51,55,66-67,73-74H,17-31H2,1-16H3,(H,59,63)(H,60,64)(H,68,69)(H,70,71)/t32-,33-,34+,35-,36-,37+,40-,41+,42+,43+,44-,46+,47+,48-,49-,50+,51-,55+,56-,57-,58-/m1/s1. The van der Waals surface area contributed by atoms with Crippen LogP contribution in [0.5, 0.6) is 0 Å². The fourth-order valence-corrected chi connectivity index (χ4v) is 14.4. The van der Waals surface area contributed by atoms with E-state index in [4.69, 9.17) is 33.2 Å². The predicted molar refractivity (Wildman–Crippen MR) is 314 cm³/mol. The lowest BCUT2D eigenvalue weighted by atomic mass is 9.77. The first-order valence-electron chi connectivity index (χ1n) is 29.5. The number of nitrogens with one attached hydrogen (secondary N) is 2. The number of aliphatic hydroxyl groups is 4. The second-order valence-corrected chi connectivity index (χ2v) is 27.2. The van der Waals surface area contributed by atoms with E-state index in [-0.39, 0.29) is 49.7 Å². The molecular weight excluding hydrogens is 1120 g/mol. The molecule has 0 unspecified atom stereocenters. The van der Waals surface area contributed by atoms with Crippen LogP contribution in [0.1, 0.15) is 154 Å². The molecule has 0 aromatic rings. The van der Waals surface area contributed by atoms with Gasteiger partial charge in [0.05, 0.1) is 47.6 Å². The Bertz CT molecular complexity index is 2060. The first-order chi connectivity index (χ1) is 38.6. The van der Waals surface area contributed by atoms with E-state index in [9.17, 15) is 59.4 Å². The van der Waals surface area contributed by atoms with Crippen LogP contribution >= 0.6 is 23.5 Å². The molecule has 3 aliphatic heterocycles. The molecule has 3 fully saturated rings. The van der Waals surface area contributed by atoms with Gasteiger partial charge in [0, 0.05) is 57.6 Å². The van der Waals surface area contributed by atoms with Crippen LogP contribution in [0.2, 0.25) is 0 Å². The molecule has 3 rings (SSSR count). The number of nitrogens with zero attached hydrogens (tertiary/aromatic N) is 2. The third-order valence-electron chi connectivity index (χ3n) is 16.9. The largest absolute Gasteiger partial charge is 0.480 e. The summed E-state index contributed by atoms with van der Waals surface area (Å²) in [5.41, 5.74) is -4.71. The van der Waals surface area contributed by atoms with Crippen LogP contribution in [0.15, 0.2) is 0 Å². The number of unbranched alkanes of at least 4 members (excludes halogenated alkanes) is 1. The number of cyclic esters (lactones) is 1. The Morgan fingerprint density at radius 3 is 1.96 bits per heavy atom. The van der Waals surface area contributed by atoms with Gasteiger partial charge in [0.15, 0.2) is 18.7 Å². The number of hydrogen-bond acceptors (Lipinski definition) is 21. The van der Waals surface area contributed by atoms with E-state index >= 15 is 0 Å². The topological polar surface area (TPSA) is 319 Å². The molecule has 25 heteroatoms.